The average Bonchev–Trinajstić information content (AvgIpc) is 3.43. The van der Waals surface area contributed by atoms with E-state index < -0.39 is 0 Å². The lowest BCUT2D eigenvalue weighted by atomic mass is 9.98. The van der Waals surface area contributed by atoms with Crippen LogP contribution < -0.4 is 5.01 Å². The molecule has 0 amide bonds. The third-order valence-corrected chi connectivity index (χ3v) is 6.71. The van der Waals surface area contributed by atoms with Gasteiger partial charge in [0.05, 0.1) is 17.4 Å². The minimum atomic E-state index is 0.0701. The fraction of sp³-hybridized carbons (Fsp3) is 0.147. The summed E-state index contributed by atoms with van der Waals surface area (Å²) in [6.07, 6.45) is 8.16. The first-order valence-electron chi connectivity index (χ1n) is 13.0. The molecule has 0 spiro atoms. The summed E-state index contributed by atoms with van der Waals surface area (Å²) in [5.41, 5.74) is 6.09. The topological polar surface area (TPSA) is 72.4 Å². The highest BCUT2D eigenvalue weighted by molar-refractivity contribution is 6.03. The van der Waals surface area contributed by atoms with Crippen LogP contribution in [0.15, 0.2) is 131 Å². The standard InChI is InChI=1S/C34H28N4O/c1-24(2)34-20-28(29(22-35)23-36)19-31(39-34)18-15-25-13-16-30(17-14-25)38-33(27-11-7-4-8-12-27)21-32(37-38)26-9-5-3-6-10-26/h3-20,24,33H,21H2,1-2H3. The van der Waals surface area contributed by atoms with Crippen LogP contribution in [-0.4, -0.2) is 5.71 Å². The molecule has 5 rings (SSSR count). The lowest BCUT2D eigenvalue weighted by Gasteiger charge is -2.24. The third kappa shape index (κ3) is 5.74. The Hall–Kier alpha value is -5.13. The molecule has 0 aliphatic carbocycles. The quantitative estimate of drug-likeness (QED) is 0.318. The summed E-state index contributed by atoms with van der Waals surface area (Å²) >= 11 is 0. The van der Waals surface area contributed by atoms with Crippen molar-refractivity contribution >= 4 is 17.5 Å². The van der Waals surface area contributed by atoms with E-state index in [1.807, 2.05) is 62.4 Å². The predicted molar refractivity (Wildman–Crippen MR) is 155 cm³/mol. The van der Waals surface area contributed by atoms with Gasteiger partial charge in [0.1, 0.15) is 29.2 Å². The van der Waals surface area contributed by atoms with Gasteiger partial charge in [-0.15, -0.1) is 0 Å². The summed E-state index contributed by atoms with van der Waals surface area (Å²) in [5.74, 6) is 1.43. The van der Waals surface area contributed by atoms with Gasteiger partial charge < -0.3 is 4.74 Å². The molecule has 2 heterocycles. The first kappa shape index (κ1) is 25.5. The minimum absolute atomic E-state index is 0.0701. The van der Waals surface area contributed by atoms with Gasteiger partial charge in [-0.3, -0.25) is 5.01 Å². The molecular formula is C34H28N4O. The summed E-state index contributed by atoms with van der Waals surface area (Å²) in [6.45, 7) is 4.03. The molecule has 2 aliphatic heterocycles. The molecule has 0 bridgehead atoms. The monoisotopic (exact) mass is 508 g/mol. The maximum atomic E-state index is 9.32. The summed E-state index contributed by atoms with van der Waals surface area (Å²) in [7, 11) is 0. The van der Waals surface area contributed by atoms with Crippen molar-refractivity contribution in [1.29, 1.82) is 10.5 Å². The molecule has 0 saturated carbocycles. The zero-order valence-electron chi connectivity index (χ0n) is 22.0. The van der Waals surface area contributed by atoms with Gasteiger partial charge in [0.2, 0.25) is 0 Å². The fourth-order valence-corrected chi connectivity index (χ4v) is 4.61. The van der Waals surface area contributed by atoms with Crippen LogP contribution in [0.1, 0.15) is 43.0 Å². The van der Waals surface area contributed by atoms with Crippen molar-refractivity contribution in [1.82, 2.24) is 0 Å². The van der Waals surface area contributed by atoms with Gasteiger partial charge in [-0.1, -0.05) is 92.7 Å². The highest BCUT2D eigenvalue weighted by Crippen LogP contribution is 2.37. The van der Waals surface area contributed by atoms with Crippen molar-refractivity contribution in [3.05, 3.63) is 143 Å². The SMILES string of the molecule is CC(C)C1=CC(=C(C#N)C#N)C=C(C=Cc2ccc(N3N=C(c4ccccc4)CC3c3ccccc3)cc2)O1. The van der Waals surface area contributed by atoms with Gasteiger partial charge in [-0.25, -0.2) is 0 Å². The molecule has 1 atom stereocenters. The van der Waals surface area contributed by atoms with E-state index in [1.54, 1.807) is 12.2 Å². The van der Waals surface area contributed by atoms with Crippen LogP contribution in [0.5, 0.6) is 0 Å². The number of hydrogen-bond acceptors (Lipinski definition) is 5. The van der Waals surface area contributed by atoms with Crippen LogP contribution in [0.4, 0.5) is 5.69 Å². The van der Waals surface area contributed by atoms with Crippen LogP contribution in [0, 0.1) is 28.6 Å². The Balaban J connectivity index is 1.40. The smallest absolute Gasteiger partial charge is 0.137 e. The summed E-state index contributed by atoms with van der Waals surface area (Å²) in [5, 5.41) is 25.8. The molecule has 0 saturated heterocycles. The average molecular weight is 509 g/mol. The van der Waals surface area contributed by atoms with Crippen LogP contribution >= 0.6 is 0 Å². The molecule has 0 N–H and O–H groups in total. The molecule has 3 aromatic rings. The molecular weight excluding hydrogens is 480 g/mol. The second kappa shape index (κ2) is 11.5. The van der Waals surface area contributed by atoms with E-state index >= 15 is 0 Å². The van der Waals surface area contributed by atoms with Gasteiger partial charge in [0.25, 0.3) is 0 Å². The van der Waals surface area contributed by atoms with Crippen molar-refractivity contribution in [3.63, 3.8) is 0 Å². The Bertz CT molecular complexity index is 1560. The highest BCUT2D eigenvalue weighted by Gasteiger charge is 2.29. The summed E-state index contributed by atoms with van der Waals surface area (Å²) < 4.78 is 6.02. The Morgan fingerprint density at radius 3 is 2.21 bits per heavy atom. The van der Waals surface area contributed by atoms with Gasteiger partial charge in [0.15, 0.2) is 0 Å². The van der Waals surface area contributed by atoms with Crippen molar-refractivity contribution in [2.45, 2.75) is 26.3 Å². The molecule has 2 aliphatic rings. The zero-order valence-corrected chi connectivity index (χ0v) is 22.0. The molecule has 5 nitrogen and oxygen atoms in total. The van der Waals surface area contributed by atoms with Gasteiger partial charge in [0, 0.05) is 17.9 Å². The Labute approximate surface area is 229 Å². The van der Waals surface area contributed by atoms with Gasteiger partial charge in [-0.2, -0.15) is 15.6 Å². The zero-order chi connectivity index (χ0) is 27.2. The van der Waals surface area contributed by atoms with Crippen molar-refractivity contribution in [3.8, 4) is 12.1 Å². The molecule has 5 heteroatoms. The van der Waals surface area contributed by atoms with E-state index in [-0.39, 0.29) is 17.5 Å². The van der Waals surface area contributed by atoms with E-state index in [9.17, 15) is 10.5 Å². The lowest BCUT2D eigenvalue weighted by Crippen LogP contribution is -2.18. The fourth-order valence-electron chi connectivity index (χ4n) is 4.61. The van der Waals surface area contributed by atoms with Crippen LogP contribution in [0.2, 0.25) is 0 Å². The number of allylic oxidation sites excluding steroid dienone is 6. The van der Waals surface area contributed by atoms with Crippen molar-refractivity contribution in [2.75, 3.05) is 5.01 Å². The second-order valence-electron chi connectivity index (χ2n) is 9.72. The number of hydrogen-bond donors (Lipinski definition) is 0. The molecule has 190 valence electrons. The van der Waals surface area contributed by atoms with Gasteiger partial charge in [-0.05, 0) is 47.1 Å². The number of anilines is 1. The first-order valence-corrected chi connectivity index (χ1v) is 13.0. The molecule has 0 aromatic heterocycles. The lowest BCUT2D eigenvalue weighted by molar-refractivity contribution is 0.275. The number of benzene rings is 3. The predicted octanol–water partition coefficient (Wildman–Crippen LogP) is 7.85. The van der Waals surface area contributed by atoms with Crippen LogP contribution in [0.3, 0.4) is 0 Å². The molecule has 0 radical (unpaired) electrons. The molecule has 3 aromatic carbocycles. The van der Waals surface area contributed by atoms with E-state index in [2.05, 4.69) is 65.7 Å². The largest absolute Gasteiger partial charge is 0.461 e. The van der Waals surface area contributed by atoms with Gasteiger partial charge >= 0.3 is 0 Å². The Kier molecular flexibility index (Phi) is 7.53. The van der Waals surface area contributed by atoms with Crippen molar-refractivity contribution in [2.24, 2.45) is 11.0 Å². The molecule has 0 fully saturated rings. The normalized spacial score (nSPS) is 16.7. The van der Waals surface area contributed by atoms with E-state index in [0.717, 1.165) is 34.7 Å². The number of hydrazone groups is 1. The maximum absolute atomic E-state index is 9.32. The Morgan fingerprint density at radius 1 is 0.897 bits per heavy atom. The molecule has 1 unspecified atom stereocenters. The Morgan fingerprint density at radius 2 is 1.56 bits per heavy atom. The number of nitriles is 2. The van der Waals surface area contributed by atoms with Crippen LogP contribution in [-0.2, 0) is 4.74 Å². The minimum Gasteiger partial charge on any atom is -0.461 e. The van der Waals surface area contributed by atoms with E-state index in [0.29, 0.717) is 11.3 Å². The van der Waals surface area contributed by atoms with Crippen LogP contribution in [0.25, 0.3) is 6.08 Å². The number of rotatable bonds is 6. The number of nitrogens with zero attached hydrogens (tertiary/aromatic N) is 4. The van der Waals surface area contributed by atoms with E-state index in [1.165, 1.54) is 5.56 Å². The highest BCUT2D eigenvalue weighted by atomic mass is 16.5. The summed E-state index contributed by atoms with van der Waals surface area (Å²) in [4.78, 5) is 0. The maximum Gasteiger partial charge on any atom is 0.137 e. The second-order valence-corrected chi connectivity index (χ2v) is 9.72. The summed E-state index contributed by atoms with van der Waals surface area (Å²) in [6, 6.07) is 33.1. The van der Waals surface area contributed by atoms with Crippen molar-refractivity contribution < 1.29 is 4.74 Å². The molecule has 39 heavy (non-hydrogen) atoms. The third-order valence-electron chi connectivity index (χ3n) is 6.71. The first-order chi connectivity index (χ1) is 19.1. The van der Waals surface area contributed by atoms with E-state index in [4.69, 9.17) is 9.84 Å². The number of ether oxygens (including phenoxy) is 1.